The van der Waals surface area contributed by atoms with Crippen molar-refractivity contribution in [2.45, 2.75) is 32.4 Å². The number of carbonyl (C=O) groups excluding carboxylic acids is 4. The van der Waals surface area contributed by atoms with Gasteiger partial charge in [-0.2, -0.15) is 0 Å². The van der Waals surface area contributed by atoms with Crippen LogP contribution in [0.4, 0.5) is 0 Å². The lowest BCUT2D eigenvalue weighted by Crippen LogP contribution is -2.46. The van der Waals surface area contributed by atoms with E-state index in [1.165, 1.54) is 36.1 Å². The summed E-state index contributed by atoms with van der Waals surface area (Å²) in [5.41, 5.74) is 0.310. The van der Waals surface area contributed by atoms with Crippen LogP contribution in [-0.2, 0) is 19.4 Å². The molecule has 9 nitrogen and oxygen atoms in total. The zero-order valence-electron chi connectivity index (χ0n) is 17.4. The molecular formula is C21H24N2O7S. The molecule has 0 saturated carbocycles. The first kappa shape index (κ1) is 22.7. The fourth-order valence-corrected chi connectivity index (χ4v) is 5.57. The summed E-state index contributed by atoms with van der Waals surface area (Å²) < 4.78 is 28.8. The van der Waals surface area contributed by atoms with E-state index in [1.54, 1.807) is 6.92 Å². The van der Waals surface area contributed by atoms with Crippen molar-refractivity contribution in [1.82, 2.24) is 9.80 Å². The minimum Gasteiger partial charge on any atom is -0.449 e. The maximum atomic E-state index is 12.8. The molecule has 2 atom stereocenters. The summed E-state index contributed by atoms with van der Waals surface area (Å²) >= 11 is 0. The number of sulfone groups is 1. The Kier molecular flexibility index (Phi) is 6.30. The molecule has 0 aliphatic carbocycles. The van der Waals surface area contributed by atoms with E-state index in [0.717, 1.165) is 4.90 Å². The van der Waals surface area contributed by atoms with Gasteiger partial charge in [-0.15, -0.1) is 6.58 Å². The van der Waals surface area contributed by atoms with E-state index in [4.69, 9.17) is 4.74 Å². The molecule has 3 rings (SSSR count). The van der Waals surface area contributed by atoms with Crippen molar-refractivity contribution in [3.63, 3.8) is 0 Å². The van der Waals surface area contributed by atoms with Crippen LogP contribution in [0.2, 0.25) is 0 Å². The zero-order valence-corrected chi connectivity index (χ0v) is 18.2. The lowest BCUT2D eigenvalue weighted by Gasteiger charge is -2.29. The number of imide groups is 1. The first-order chi connectivity index (χ1) is 14.6. The van der Waals surface area contributed by atoms with Gasteiger partial charge >= 0.3 is 5.97 Å². The molecule has 0 N–H and O–H groups in total. The molecule has 3 amide bonds. The van der Waals surface area contributed by atoms with Crippen LogP contribution in [0.15, 0.2) is 30.9 Å². The fourth-order valence-electron chi connectivity index (χ4n) is 3.84. The molecule has 0 unspecified atom stereocenters. The fraction of sp³-hybridized carbons (Fsp3) is 0.429. The average Bonchev–Trinajstić information content (AvgIpc) is 3.20. The number of likely N-dealkylation sites (N-methyl/N-ethyl adjacent to an activating group) is 1. The molecule has 1 aromatic carbocycles. The highest BCUT2D eigenvalue weighted by Crippen LogP contribution is 2.25. The van der Waals surface area contributed by atoms with Crippen LogP contribution in [-0.4, -0.2) is 78.6 Å². The second-order valence-corrected chi connectivity index (χ2v) is 9.73. The highest BCUT2D eigenvalue weighted by Gasteiger charge is 2.37. The largest absolute Gasteiger partial charge is 0.449 e. The van der Waals surface area contributed by atoms with Crippen LogP contribution in [0.5, 0.6) is 0 Å². The molecule has 0 bridgehead atoms. The van der Waals surface area contributed by atoms with Crippen LogP contribution in [0.1, 0.15) is 51.3 Å². The monoisotopic (exact) mass is 448 g/mol. The number of benzene rings is 1. The van der Waals surface area contributed by atoms with Crippen molar-refractivity contribution >= 4 is 33.5 Å². The highest BCUT2D eigenvalue weighted by molar-refractivity contribution is 7.91. The van der Waals surface area contributed by atoms with E-state index < -0.39 is 45.7 Å². The topological polar surface area (TPSA) is 118 Å². The Morgan fingerprint density at radius 1 is 1.29 bits per heavy atom. The molecule has 10 heteroatoms. The number of esters is 1. The lowest BCUT2D eigenvalue weighted by molar-refractivity contribution is -0.141. The van der Waals surface area contributed by atoms with Crippen LogP contribution in [0.25, 0.3) is 0 Å². The standard InChI is InChI=1S/C21H24N2O7S/c1-4-9-23-19(25)16-7-6-14(11-17(16)20(23)26)21(27)30-13(3)18(24)22(5-2)15-8-10-31(28,29)12-15/h4,6-7,11,13,15H,1,5,8-10,12H2,2-3H3/t13-,15+/m1/s1. The third kappa shape index (κ3) is 4.39. The first-order valence-electron chi connectivity index (χ1n) is 9.92. The van der Waals surface area contributed by atoms with Gasteiger partial charge in [-0.1, -0.05) is 6.08 Å². The molecule has 2 heterocycles. The quantitative estimate of drug-likeness (QED) is 0.347. The van der Waals surface area contributed by atoms with Crippen LogP contribution >= 0.6 is 0 Å². The van der Waals surface area contributed by atoms with Gasteiger partial charge in [0.05, 0.1) is 28.2 Å². The molecule has 1 aromatic rings. The molecule has 166 valence electrons. The molecule has 0 spiro atoms. The summed E-state index contributed by atoms with van der Waals surface area (Å²) in [6.07, 6.45) is 0.642. The second kappa shape index (κ2) is 8.62. The Hall–Kier alpha value is -3.01. The predicted octanol–water partition coefficient (Wildman–Crippen LogP) is 1.05. The smallest absolute Gasteiger partial charge is 0.338 e. The minimum absolute atomic E-state index is 0.0281. The van der Waals surface area contributed by atoms with Crippen molar-refractivity contribution in [1.29, 1.82) is 0 Å². The van der Waals surface area contributed by atoms with Gasteiger partial charge in [0.25, 0.3) is 17.7 Å². The number of hydrogen-bond acceptors (Lipinski definition) is 7. The van der Waals surface area contributed by atoms with E-state index in [0.29, 0.717) is 6.42 Å². The molecule has 0 radical (unpaired) electrons. The Labute approximate surface area is 180 Å². The number of carbonyl (C=O) groups is 4. The predicted molar refractivity (Wildman–Crippen MR) is 111 cm³/mol. The van der Waals surface area contributed by atoms with Gasteiger partial charge in [0, 0.05) is 19.1 Å². The average molecular weight is 448 g/mol. The maximum Gasteiger partial charge on any atom is 0.338 e. The Morgan fingerprint density at radius 3 is 2.55 bits per heavy atom. The van der Waals surface area contributed by atoms with Gasteiger partial charge in [0.15, 0.2) is 15.9 Å². The SMILES string of the molecule is C=CCN1C(=O)c2ccc(C(=O)O[C@H](C)C(=O)N(CC)[C@H]3CCS(=O)(=O)C3)cc2C1=O. The van der Waals surface area contributed by atoms with Crippen molar-refractivity contribution < 1.29 is 32.3 Å². The van der Waals surface area contributed by atoms with E-state index in [2.05, 4.69) is 6.58 Å². The molecule has 0 aromatic heterocycles. The number of ether oxygens (including phenoxy) is 1. The van der Waals surface area contributed by atoms with Crippen molar-refractivity contribution in [2.75, 3.05) is 24.6 Å². The number of fused-ring (bicyclic) bond motifs is 1. The summed E-state index contributed by atoms with van der Waals surface area (Å²) in [4.78, 5) is 52.5. The van der Waals surface area contributed by atoms with Gasteiger partial charge in [0.1, 0.15) is 0 Å². The van der Waals surface area contributed by atoms with Crippen molar-refractivity contribution in [3.05, 3.63) is 47.5 Å². The van der Waals surface area contributed by atoms with E-state index in [9.17, 15) is 27.6 Å². The number of amides is 3. The van der Waals surface area contributed by atoms with Crippen LogP contribution < -0.4 is 0 Å². The Bertz CT molecular complexity index is 1060. The first-order valence-corrected chi connectivity index (χ1v) is 11.7. The Balaban J connectivity index is 1.72. The maximum absolute atomic E-state index is 12.8. The lowest BCUT2D eigenvalue weighted by atomic mass is 10.1. The third-order valence-electron chi connectivity index (χ3n) is 5.42. The van der Waals surface area contributed by atoms with E-state index in [-0.39, 0.29) is 41.3 Å². The summed E-state index contributed by atoms with van der Waals surface area (Å²) in [6.45, 7) is 7.01. The van der Waals surface area contributed by atoms with Crippen molar-refractivity contribution in [3.8, 4) is 0 Å². The van der Waals surface area contributed by atoms with Gasteiger partial charge in [-0.05, 0) is 38.5 Å². The summed E-state index contributed by atoms with van der Waals surface area (Å²) in [5, 5.41) is 0. The Morgan fingerprint density at radius 2 is 1.97 bits per heavy atom. The van der Waals surface area contributed by atoms with Gasteiger partial charge in [-0.25, -0.2) is 13.2 Å². The van der Waals surface area contributed by atoms with Gasteiger partial charge in [0.2, 0.25) is 0 Å². The summed E-state index contributed by atoms with van der Waals surface area (Å²) in [7, 11) is -3.17. The normalized spacial score (nSPS) is 20.3. The summed E-state index contributed by atoms with van der Waals surface area (Å²) in [5.74, 6) is -2.37. The van der Waals surface area contributed by atoms with Crippen LogP contribution in [0, 0.1) is 0 Å². The minimum atomic E-state index is -3.17. The summed E-state index contributed by atoms with van der Waals surface area (Å²) in [6, 6.07) is 3.58. The molecule has 1 fully saturated rings. The van der Waals surface area contributed by atoms with Crippen molar-refractivity contribution in [2.24, 2.45) is 0 Å². The van der Waals surface area contributed by atoms with Gasteiger partial charge in [-0.3, -0.25) is 19.3 Å². The number of nitrogens with zero attached hydrogens (tertiary/aromatic N) is 2. The molecule has 1 saturated heterocycles. The molecule has 2 aliphatic rings. The van der Waals surface area contributed by atoms with Gasteiger partial charge < -0.3 is 9.64 Å². The van der Waals surface area contributed by atoms with Crippen LogP contribution in [0.3, 0.4) is 0 Å². The molecule has 2 aliphatic heterocycles. The zero-order chi connectivity index (χ0) is 22.9. The van der Waals surface area contributed by atoms with E-state index >= 15 is 0 Å². The number of rotatable bonds is 7. The number of hydrogen-bond donors (Lipinski definition) is 0. The molecule has 31 heavy (non-hydrogen) atoms. The highest BCUT2D eigenvalue weighted by atomic mass is 32.2. The third-order valence-corrected chi connectivity index (χ3v) is 7.17. The second-order valence-electron chi connectivity index (χ2n) is 7.50. The van der Waals surface area contributed by atoms with E-state index in [1.807, 2.05) is 0 Å². The molecular weight excluding hydrogens is 424 g/mol.